The number of hydrogen-bond donors (Lipinski definition) is 3. The molecule has 0 spiro atoms. The number of benzene rings is 3. The van der Waals surface area contributed by atoms with Crippen LogP contribution in [0, 0.1) is 3.57 Å². The summed E-state index contributed by atoms with van der Waals surface area (Å²) < 4.78 is 12.0. The average molecular weight is 690 g/mol. The van der Waals surface area contributed by atoms with Crippen molar-refractivity contribution in [2.75, 3.05) is 23.8 Å². The second kappa shape index (κ2) is 14.2. The van der Waals surface area contributed by atoms with Gasteiger partial charge in [-0.2, -0.15) is 5.10 Å². The molecule has 0 radical (unpaired) electrons. The third-order valence-corrected chi connectivity index (χ3v) is 6.56. The van der Waals surface area contributed by atoms with E-state index in [0.29, 0.717) is 37.9 Å². The Kier molecular flexibility index (Phi) is 11.0. The van der Waals surface area contributed by atoms with Gasteiger partial charge in [-0.15, -0.1) is 0 Å². The van der Waals surface area contributed by atoms with Gasteiger partial charge >= 0.3 is 11.8 Å². The molecule has 0 bridgehead atoms. The van der Waals surface area contributed by atoms with Crippen LogP contribution in [0.25, 0.3) is 0 Å². The predicted octanol–water partition coefficient (Wildman–Crippen LogP) is 5.76. The molecule has 3 rings (SSSR count). The summed E-state index contributed by atoms with van der Waals surface area (Å²) in [6.07, 6.45) is 1.33. The van der Waals surface area contributed by atoms with Crippen molar-refractivity contribution >= 4 is 92.7 Å². The summed E-state index contributed by atoms with van der Waals surface area (Å²) in [7, 11) is 0. The number of carbonyl (C=O) groups excluding carboxylic acids is 3. The summed E-state index contributed by atoms with van der Waals surface area (Å²) in [5, 5.41) is 9.63. The van der Waals surface area contributed by atoms with Crippen LogP contribution in [-0.2, 0) is 14.4 Å². The Morgan fingerprint density at radius 2 is 1.63 bits per heavy atom. The lowest BCUT2D eigenvalue weighted by Gasteiger charge is -2.15. The third kappa shape index (κ3) is 8.22. The molecule has 0 fully saturated rings. The van der Waals surface area contributed by atoms with Crippen molar-refractivity contribution in [3.05, 3.63) is 78.8 Å². The molecule has 3 N–H and O–H groups in total. The highest BCUT2D eigenvalue weighted by molar-refractivity contribution is 14.1. The average Bonchev–Trinajstić information content (AvgIpc) is 2.87. The highest BCUT2D eigenvalue weighted by Crippen LogP contribution is 2.34. The summed E-state index contributed by atoms with van der Waals surface area (Å²) in [4.78, 5) is 36.6. The Balaban J connectivity index is 1.63. The zero-order valence-electron chi connectivity index (χ0n) is 19.7. The second-order valence-electron chi connectivity index (χ2n) is 7.33. The highest BCUT2D eigenvalue weighted by Gasteiger charge is 2.17. The number of nitrogens with zero attached hydrogens (tertiary/aromatic N) is 1. The smallest absolute Gasteiger partial charge is 0.329 e. The maximum Gasteiger partial charge on any atom is 0.329 e. The van der Waals surface area contributed by atoms with Crippen molar-refractivity contribution in [2.24, 2.45) is 5.10 Å². The molecule has 9 nitrogen and oxygen atoms in total. The first kappa shape index (κ1) is 29.5. The zero-order valence-corrected chi connectivity index (χ0v) is 24.1. The summed E-state index contributed by atoms with van der Waals surface area (Å²) in [5.74, 6) is -1.66. The number of hydrogen-bond acceptors (Lipinski definition) is 6. The molecule has 3 aromatic rings. The molecule has 0 saturated heterocycles. The molecule has 3 aromatic carbocycles. The molecule has 0 atom stereocenters. The SMILES string of the molecule is CCOc1cc(/C=N\NC(=O)C(=O)Nc2cccc(Cl)c2Cl)cc(I)c1OCC(=O)Nc1ccccc1Cl. The van der Waals surface area contributed by atoms with E-state index in [-0.39, 0.29) is 22.3 Å². The predicted molar refractivity (Wildman–Crippen MR) is 157 cm³/mol. The van der Waals surface area contributed by atoms with Gasteiger partial charge in [0.15, 0.2) is 18.1 Å². The van der Waals surface area contributed by atoms with Gasteiger partial charge in [0.2, 0.25) is 0 Å². The van der Waals surface area contributed by atoms with E-state index in [1.807, 2.05) is 22.6 Å². The summed E-state index contributed by atoms with van der Waals surface area (Å²) >= 11 is 20.0. The normalized spacial score (nSPS) is 10.7. The van der Waals surface area contributed by atoms with Gasteiger partial charge < -0.3 is 20.1 Å². The molecule has 0 aliphatic rings. The first-order valence-corrected chi connectivity index (χ1v) is 13.1. The van der Waals surface area contributed by atoms with Crippen molar-refractivity contribution in [3.8, 4) is 11.5 Å². The topological polar surface area (TPSA) is 118 Å². The number of halogens is 4. The van der Waals surface area contributed by atoms with Gasteiger partial charge in [-0.25, -0.2) is 5.43 Å². The maximum atomic E-state index is 12.4. The van der Waals surface area contributed by atoms with Crippen molar-refractivity contribution in [1.29, 1.82) is 0 Å². The van der Waals surface area contributed by atoms with Gasteiger partial charge in [0.1, 0.15) is 0 Å². The number of para-hydroxylation sites is 1. The van der Waals surface area contributed by atoms with Crippen molar-refractivity contribution in [2.45, 2.75) is 6.92 Å². The molecule has 3 amide bonds. The van der Waals surface area contributed by atoms with Gasteiger partial charge in [-0.1, -0.05) is 53.0 Å². The lowest BCUT2D eigenvalue weighted by molar-refractivity contribution is -0.136. The van der Waals surface area contributed by atoms with E-state index in [1.165, 1.54) is 12.3 Å². The van der Waals surface area contributed by atoms with Crippen LogP contribution in [0.1, 0.15) is 12.5 Å². The zero-order chi connectivity index (χ0) is 27.7. The van der Waals surface area contributed by atoms with E-state index < -0.39 is 17.7 Å². The fraction of sp³-hybridized carbons (Fsp3) is 0.120. The van der Waals surface area contributed by atoms with Crippen LogP contribution in [-0.4, -0.2) is 37.1 Å². The van der Waals surface area contributed by atoms with Crippen molar-refractivity contribution in [3.63, 3.8) is 0 Å². The van der Waals surface area contributed by atoms with Gasteiger partial charge in [-0.05, 0) is 71.5 Å². The minimum Gasteiger partial charge on any atom is -0.490 e. The largest absolute Gasteiger partial charge is 0.490 e. The molecule has 38 heavy (non-hydrogen) atoms. The standard InChI is InChI=1S/C25H20Cl3IN4O5/c1-2-37-20-11-14(12-30-33-25(36)24(35)32-19-9-5-7-16(27)22(19)28)10-17(29)23(20)38-13-21(34)31-18-8-4-3-6-15(18)26/h3-12H,2,13H2,1H3,(H,31,34)(H,32,35)(H,33,36)/b30-12-. The first-order chi connectivity index (χ1) is 18.2. The quantitative estimate of drug-likeness (QED) is 0.114. The van der Waals surface area contributed by atoms with E-state index in [9.17, 15) is 14.4 Å². The van der Waals surface area contributed by atoms with Crippen LogP contribution < -0.4 is 25.5 Å². The molecule has 0 saturated carbocycles. The summed E-state index contributed by atoms with van der Waals surface area (Å²) in [5.41, 5.74) is 3.35. The Morgan fingerprint density at radius 3 is 2.37 bits per heavy atom. The van der Waals surface area contributed by atoms with E-state index >= 15 is 0 Å². The van der Waals surface area contributed by atoms with Gasteiger partial charge in [0.05, 0.1) is 42.8 Å². The highest BCUT2D eigenvalue weighted by atomic mass is 127. The van der Waals surface area contributed by atoms with Gasteiger partial charge in [-0.3, -0.25) is 14.4 Å². The number of amides is 3. The van der Waals surface area contributed by atoms with Crippen LogP contribution in [0.2, 0.25) is 15.1 Å². The van der Waals surface area contributed by atoms with E-state index in [0.717, 1.165) is 0 Å². The lowest BCUT2D eigenvalue weighted by Crippen LogP contribution is -2.32. The number of anilines is 2. The van der Waals surface area contributed by atoms with Crippen molar-refractivity contribution in [1.82, 2.24) is 5.43 Å². The van der Waals surface area contributed by atoms with Crippen LogP contribution >= 0.6 is 57.4 Å². The minimum atomic E-state index is -1.01. The lowest BCUT2D eigenvalue weighted by atomic mass is 10.2. The van der Waals surface area contributed by atoms with Crippen LogP contribution in [0.4, 0.5) is 11.4 Å². The number of hydrazone groups is 1. The van der Waals surface area contributed by atoms with Gasteiger partial charge in [0.25, 0.3) is 5.91 Å². The first-order valence-electron chi connectivity index (χ1n) is 10.9. The molecular weight excluding hydrogens is 670 g/mol. The number of nitrogens with one attached hydrogen (secondary N) is 3. The van der Waals surface area contributed by atoms with Gasteiger partial charge in [0, 0.05) is 0 Å². The molecule has 0 unspecified atom stereocenters. The fourth-order valence-corrected chi connectivity index (χ4v) is 4.26. The number of ether oxygens (including phenoxy) is 2. The Labute approximate surface area is 246 Å². The van der Waals surface area contributed by atoms with Crippen LogP contribution in [0.3, 0.4) is 0 Å². The molecule has 198 valence electrons. The molecule has 0 aliphatic carbocycles. The van der Waals surface area contributed by atoms with E-state index in [4.69, 9.17) is 44.3 Å². The number of rotatable bonds is 9. The fourth-order valence-electron chi connectivity index (χ4n) is 2.95. The monoisotopic (exact) mass is 688 g/mol. The van der Waals surface area contributed by atoms with E-state index in [1.54, 1.807) is 55.5 Å². The Morgan fingerprint density at radius 1 is 0.921 bits per heavy atom. The third-order valence-electron chi connectivity index (χ3n) is 4.61. The maximum absolute atomic E-state index is 12.4. The van der Waals surface area contributed by atoms with E-state index in [2.05, 4.69) is 21.2 Å². The van der Waals surface area contributed by atoms with Crippen LogP contribution in [0.15, 0.2) is 59.7 Å². The second-order valence-corrected chi connectivity index (χ2v) is 9.69. The molecule has 0 aromatic heterocycles. The minimum absolute atomic E-state index is 0.112. The Bertz CT molecular complexity index is 1390. The molecule has 13 heteroatoms. The summed E-state index contributed by atoms with van der Waals surface area (Å²) in [6.45, 7) is 1.85. The Hall–Kier alpha value is -3.06. The molecule has 0 aliphatic heterocycles. The van der Waals surface area contributed by atoms with Crippen molar-refractivity contribution < 1.29 is 23.9 Å². The van der Waals surface area contributed by atoms with Crippen LogP contribution in [0.5, 0.6) is 11.5 Å². The number of carbonyl (C=O) groups is 3. The molecule has 0 heterocycles. The molecular formula is C25H20Cl3IN4O5. The summed E-state index contributed by atoms with van der Waals surface area (Å²) in [6, 6.07) is 14.8.